The minimum atomic E-state index is -0.324. The molecule has 1 aliphatic rings. The number of pyridine rings is 1. The molecule has 2 N–H and O–H groups in total. The van der Waals surface area contributed by atoms with Gasteiger partial charge in [-0.3, -0.25) is 4.98 Å². The Hall–Kier alpha value is -1.88. The van der Waals surface area contributed by atoms with Gasteiger partial charge in [0.15, 0.2) is 5.82 Å². The molecule has 2 aromatic rings. The third kappa shape index (κ3) is 2.18. The molecule has 0 radical (unpaired) electrons. The highest BCUT2D eigenvalue weighted by Crippen LogP contribution is 2.33. The van der Waals surface area contributed by atoms with Gasteiger partial charge in [0, 0.05) is 30.4 Å². The van der Waals surface area contributed by atoms with Crippen LogP contribution in [0.1, 0.15) is 13.8 Å². The van der Waals surface area contributed by atoms with Crippen molar-refractivity contribution in [3.8, 4) is 0 Å². The molecule has 1 aromatic carbocycles. The van der Waals surface area contributed by atoms with Gasteiger partial charge in [0.2, 0.25) is 0 Å². The van der Waals surface area contributed by atoms with Crippen LogP contribution in [0.25, 0.3) is 10.9 Å². The highest BCUT2D eigenvalue weighted by molar-refractivity contribution is 5.98. The van der Waals surface area contributed by atoms with Crippen LogP contribution in [0.2, 0.25) is 0 Å². The largest absolute Gasteiger partial charge is 0.398 e. The highest BCUT2D eigenvalue weighted by Gasteiger charge is 2.26. The minimum Gasteiger partial charge on any atom is -0.398 e. The second-order valence-electron chi connectivity index (χ2n) is 5.36. The molecule has 20 heavy (non-hydrogen) atoms. The van der Waals surface area contributed by atoms with E-state index in [0.717, 1.165) is 5.39 Å². The van der Waals surface area contributed by atoms with E-state index in [4.69, 9.17) is 10.5 Å². The maximum absolute atomic E-state index is 14.4. The van der Waals surface area contributed by atoms with Gasteiger partial charge in [0.1, 0.15) is 0 Å². The Morgan fingerprint density at radius 1 is 1.35 bits per heavy atom. The fourth-order valence-corrected chi connectivity index (χ4v) is 2.88. The van der Waals surface area contributed by atoms with Crippen molar-refractivity contribution < 1.29 is 9.13 Å². The Labute approximate surface area is 117 Å². The summed E-state index contributed by atoms with van der Waals surface area (Å²) in [7, 11) is 0. The van der Waals surface area contributed by atoms with E-state index in [1.54, 1.807) is 6.20 Å². The van der Waals surface area contributed by atoms with Gasteiger partial charge >= 0.3 is 0 Å². The summed E-state index contributed by atoms with van der Waals surface area (Å²) < 4.78 is 20.1. The number of hydrogen-bond donors (Lipinski definition) is 1. The van der Waals surface area contributed by atoms with Gasteiger partial charge in [-0.05, 0) is 32.0 Å². The van der Waals surface area contributed by atoms with E-state index in [2.05, 4.69) is 4.98 Å². The first-order valence-corrected chi connectivity index (χ1v) is 6.79. The van der Waals surface area contributed by atoms with Crippen LogP contribution in [0.4, 0.5) is 15.8 Å². The molecule has 0 aliphatic carbocycles. The molecule has 1 aromatic heterocycles. The second-order valence-corrected chi connectivity index (χ2v) is 5.36. The van der Waals surface area contributed by atoms with Crippen LogP contribution >= 0.6 is 0 Å². The van der Waals surface area contributed by atoms with Crippen molar-refractivity contribution in [2.24, 2.45) is 0 Å². The average molecular weight is 275 g/mol. The number of hydrogen-bond acceptors (Lipinski definition) is 4. The van der Waals surface area contributed by atoms with Crippen molar-refractivity contribution in [1.82, 2.24) is 4.98 Å². The Balaban J connectivity index is 2.15. The van der Waals surface area contributed by atoms with Crippen molar-refractivity contribution in [3.05, 3.63) is 30.2 Å². The summed E-state index contributed by atoms with van der Waals surface area (Å²) in [5.41, 5.74) is 7.45. The number of rotatable bonds is 1. The van der Waals surface area contributed by atoms with Crippen LogP contribution in [0.15, 0.2) is 24.4 Å². The molecule has 0 amide bonds. The van der Waals surface area contributed by atoms with Crippen molar-refractivity contribution in [2.45, 2.75) is 26.1 Å². The zero-order valence-electron chi connectivity index (χ0n) is 11.6. The molecule has 106 valence electrons. The quantitative estimate of drug-likeness (QED) is 0.813. The topological polar surface area (TPSA) is 51.4 Å². The number of nitrogens with two attached hydrogens (primary N) is 1. The number of ether oxygens (including phenoxy) is 1. The Kier molecular flexibility index (Phi) is 3.22. The van der Waals surface area contributed by atoms with E-state index in [9.17, 15) is 4.39 Å². The number of halogens is 1. The smallest absolute Gasteiger partial charge is 0.150 e. The van der Waals surface area contributed by atoms with Crippen LogP contribution < -0.4 is 10.6 Å². The standard InChI is InChI=1S/C15H18FN3O/c1-9-7-19(8-10(2)20-9)15-12(16)6-13(17)11-4-3-5-18-14(11)15/h3-6,9-10H,7-8,17H2,1-2H3. The molecular formula is C15H18FN3O. The Bertz CT molecular complexity index is 636. The lowest BCUT2D eigenvalue weighted by molar-refractivity contribution is -0.00530. The first-order chi connectivity index (χ1) is 9.56. The summed E-state index contributed by atoms with van der Waals surface area (Å²) in [5.74, 6) is -0.324. The van der Waals surface area contributed by atoms with E-state index < -0.39 is 0 Å². The van der Waals surface area contributed by atoms with E-state index >= 15 is 0 Å². The molecule has 2 heterocycles. The van der Waals surface area contributed by atoms with Crippen LogP contribution in [0.3, 0.4) is 0 Å². The second kappa shape index (κ2) is 4.90. The average Bonchev–Trinajstić information content (AvgIpc) is 2.37. The lowest BCUT2D eigenvalue weighted by atomic mass is 10.1. The summed E-state index contributed by atoms with van der Waals surface area (Å²) in [6, 6.07) is 5.06. The summed E-state index contributed by atoms with van der Waals surface area (Å²) in [6.07, 6.45) is 1.79. The SMILES string of the molecule is CC1CN(c2c(F)cc(N)c3cccnc23)CC(C)O1. The lowest BCUT2D eigenvalue weighted by Crippen LogP contribution is -2.46. The molecule has 1 fully saturated rings. The molecule has 3 rings (SSSR count). The van der Waals surface area contributed by atoms with Crippen LogP contribution in [0, 0.1) is 5.82 Å². The molecule has 2 atom stereocenters. The third-order valence-electron chi connectivity index (χ3n) is 3.59. The molecule has 4 nitrogen and oxygen atoms in total. The number of anilines is 2. The first kappa shape index (κ1) is 13.1. The number of morpholine rings is 1. The van der Waals surface area contributed by atoms with Crippen molar-refractivity contribution >= 4 is 22.3 Å². The summed E-state index contributed by atoms with van der Waals surface area (Å²) in [5, 5.41) is 0.788. The van der Waals surface area contributed by atoms with Crippen LogP contribution in [0.5, 0.6) is 0 Å². The molecule has 5 heteroatoms. The van der Waals surface area contributed by atoms with Crippen LogP contribution in [-0.4, -0.2) is 30.3 Å². The molecule has 0 spiro atoms. The van der Waals surface area contributed by atoms with E-state index in [1.165, 1.54) is 6.07 Å². The molecule has 0 saturated carbocycles. The first-order valence-electron chi connectivity index (χ1n) is 6.79. The van der Waals surface area contributed by atoms with Gasteiger partial charge in [-0.25, -0.2) is 4.39 Å². The minimum absolute atomic E-state index is 0.0643. The van der Waals surface area contributed by atoms with Crippen LogP contribution in [-0.2, 0) is 4.74 Å². The van der Waals surface area contributed by atoms with Gasteiger partial charge in [0.05, 0.1) is 23.4 Å². The van der Waals surface area contributed by atoms with E-state index in [-0.39, 0.29) is 18.0 Å². The van der Waals surface area contributed by atoms with E-state index in [0.29, 0.717) is 30.0 Å². The van der Waals surface area contributed by atoms with Gasteiger partial charge in [-0.2, -0.15) is 0 Å². The number of benzene rings is 1. The number of aromatic nitrogens is 1. The summed E-state index contributed by atoms with van der Waals surface area (Å²) in [6.45, 7) is 5.29. The zero-order chi connectivity index (χ0) is 14.3. The van der Waals surface area contributed by atoms with Crippen molar-refractivity contribution in [1.29, 1.82) is 0 Å². The molecule has 0 bridgehead atoms. The summed E-state index contributed by atoms with van der Waals surface area (Å²) in [4.78, 5) is 6.33. The lowest BCUT2D eigenvalue weighted by Gasteiger charge is -2.37. The Morgan fingerprint density at radius 2 is 2.05 bits per heavy atom. The normalized spacial score (nSPS) is 23.2. The van der Waals surface area contributed by atoms with Gasteiger partial charge in [0.25, 0.3) is 0 Å². The summed E-state index contributed by atoms with van der Waals surface area (Å²) >= 11 is 0. The van der Waals surface area contributed by atoms with E-state index in [1.807, 2.05) is 30.9 Å². The molecular weight excluding hydrogens is 257 g/mol. The zero-order valence-corrected chi connectivity index (χ0v) is 11.6. The van der Waals surface area contributed by atoms with Gasteiger partial charge in [-0.1, -0.05) is 0 Å². The Morgan fingerprint density at radius 3 is 2.75 bits per heavy atom. The monoisotopic (exact) mass is 275 g/mol. The fraction of sp³-hybridized carbons (Fsp3) is 0.400. The number of nitrogen functional groups attached to an aromatic ring is 1. The molecule has 1 aliphatic heterocycles. The molecule has 1 saturated heterocycles. The predicted molar refractivity (Wildman–Crippen MR) is 78.3 cm³/mol. The molecule has 2 unspecified atom stereocenters. The maximum Gasteiger partial charge on any atom is 0.150 e. The third-order valence-corrected chi connectivity index (χ3v) is 3.59. The number of fused-ring (bicyclic) bond motifs is 1. The predicted octanol–water partition coefficient (Wildman–Crippen LogP) is 2.57. The van der Waals surface area contributed by atoms with Gasteiger partial charge in [-0.15, -0.1) is 0 Å². The van der Waals surface area contributed by atoms with Crippen molar-refractivity contribution in [3.63, 3.8) is 0 Å². The fourth-order valence-electron chi connectivity index (χ4n) is 2.88. The highest BCUT2D eigenvalue weighted by atomic mass is 19.1. The van der Waals surface area contributed by atoms with Gasteiger partial charge < -0.3 is 15.4 Å². The maximum atomic E-state index is 14.4. The number of nitrogens with zero attached hydrogens (tertiary/aromatic N) is 2. The van der Waals surface area contributed by atoms with Crippen molar-refractivity contribution in [2.75, 3.05) is 23.7 Å².